The standard InChI is InChI=1S/C21H24BrN3O3S2/c1-2-28-15-4-5-16-18(14-15)30-21(23-16)25(20(26)17-6-7-19(22)29-17)9-3-8-24-10-12-27-13-11-24/h4-7,14H,2-3,8-13H2,1H3. The fourth-order valence-electron chi connectivity index (χ4n) is 3.39. The van der Waals surface area contributed by atoms with Gasteiger partial charge in [0.1, 0.15) is 5.75 Å². The summed E-state index contributed by atoms with van der Waals surface area (Å²) in [5.41, 5.74) is 0.886. The second-order valence-electron chi connectivity index (χ2n) is 6.93. The quantitative estimate of drug-likeness (QED) is 0.432. The van der Waals surface area contributed by atoms with Crippen molar-refractivity contribution < 1.29 is 14.3 Å². The minimum absolute atomic E-state index is 0.00300. The smallest absolute Gasteiger partial charge is 0.270 e. The van der Waals surface area contributed by atoms with Gasteiger partial charge < -0.3 is 9.47 Å². The molecular formula is C21H24BrN3O3S2. The monoisotopic (exact) mass is 509 g/mol. The summed E-state index contributed by atoms with van der Waals surface area (Å²) in [6.45, 7) is 7.63. The number of carbonyl (C=O) groups excluding carboxylic acids is 1. The molecule has 0 unspecified atom stereocenters. The van der Waals surface area contributed by atoms with E-state index in [0.717, 1.165) is 64.2 Å². The molecular weight excluding hydrogens is 486 g/mol. The van der Waals surface area contributed by atoms with Crippen molar-refractivity contribution in [2.45, 2.75) is 13.3 Å². The maximum absolute atomic E-state index is 13.3. The molecule has 1 aliphatic heterocycles. The Balaban J connectivity index is 1.55. The third-order valence-electron chi connectivity index (χ3n) is 4.88. The molecule has 6 nitrogen and oxygen atoms in total. The van der Waals surface area contributed by atoms with E-state index in [0.29, 0.717) is 18.0 Å². The highest BCUT2D eigenvalue weighted by Gasteiger charge is 2.23. The fraction of sp³-hybridized carbons (Fsp3) is 0.429. The zero-order chi connectivity index (χ0) is 20.9. The highest BCUT2D eigenvalue weighted by Crippen LogP contribution is 2.33. The van der Waals surface area contributed by atoms with E-state index in [-0.39, 0.29) is 5.91 Å². The van der Waals surface area contributed by atoms with Crippen LogP contribution in [0.5, 0.6) is 5.75 Å². The minimum Gasteiger partial charge on any atom is -0.494 e. The van der Waals surface area contributed by atoms with Crippen molar-refractivity contribution in [3.63, 3.8) is 0 Å². The molecule has 2 aromatic heterocycles. The number of thiophene rings is 1. The normalized spacial score (nSPS) is 14.9. The van der Waals surface area contributed by atoms with Gasteiger partial charge in [-0.2, -0.15) is 0 Å². The Bertz CT molecular complexity index is 1000. The molecule has 9 heteroatoms. The highest BCUT2D eigenvalue weighted by molar-refractivity contribution is 9.11. The van der Waals surface area contributed by atoms with Crippen molar-refractivity contribution in [1.82, 2.24) is 9.88 Å². The van der Waals surface area contributed by atoms with Crippen LogP contribution in [0.25, 0.3) is 10.2 Å². The van der Waals surface area contributed by atoms with Gasteiger partial charge >= 0.3 is 0 Å². The average Bonchev–Trinajstić information content (AvgIpc) is 3.37. The van der Waals surface area contributed by atoms with Gasteiger partial charge in [-0.25, -0.2) is 4.98 Å². The topological polar surface area (TPSA) is 54.9 Å². The molecule has 1 amide bonds. The largest absolute Gasteiger partial charge is 0.494 e. The molecule has 3 heterocycles. The van der Waals surface area contributed by atoms with E-state index in [9.17, 15) is 4.79 Å². The summed E-state index contributed by atoms with van der Waals surface area (Å²) >= 11 is 6.45. The number of morpholine rings is 1. The minimum atomic E-state index is -0.00300. The van der Waals surface area contributed by atoms with Crippen molar-refractivity contribution >= 4 is 59.9 Å². The Kier molecular flexibility index (Phi) is 7.37. The van der Waals surface area contributed by atoms with E-state index in [2.05, 4.69) is 20.8 Å². The molecule has 1 aromatic carbocycles. The Labute approximate surface area is 192 Å². The number of hydrogen-bond acceptors (Lipinski definition) is 7. The maximum atomic E-state index is 13.3. The summed E-state index contributed by atoms with van der Waals surface area (Å²) in [5.74, 6) is 0.823. The van der Waals surface area contributed by atoms with E-state index in [4.69, 9.17) is 14.5 Å². The number of thiazole rings is 1. The van der Waals surface area contributed by atoms with Crippen LogP contribution in [0.15, 0.2) is 34.1 Å². The summed E-state index contributed by atoms with van der Waals surface area (Å²) in [6.07, 6.45) is 0.887. The van der Waals surface area contributed by atoms with Crippen LogP contribution >= 0.6 is 38.6 Å². The molecule has 0 bridgehead atoms. The van der Waals surface area contributed by atoms with Gasteiger partial charge in [-0.05, 0) is 59.6 Å². The van der Waals surface area contributed by atoms with Crippen molar-refractivity contribution in [1.29, 1.82) is 0 Å². The predicted molar refractivity (Wildman–Crippen MR) is 126 cm³/mol. The molecule has 160 valence electrons. The second-order valence-corrected chi connectivity index (χ2v) is 10.4. The molecule has 0 N–H and O–H groups in total. The zero-order valence-corrected chi connectivity index (χ0v) is 20.0. The first-order valence-electron chi connectivity index (χ1n) is 10.0. The summed E-state index contributed by atoms with van der Waals surface area (Å²) in [5, 5.41) is 0.732. The van der Waals surface area contributed by atoms with Crippen molar-refractivity contribution in [2.75, 3.05) is 50.9 Å². The molecule has 30 heavy (non-hydrogen) atoms. The van der Waals surface area contributed by atoms with Crippen molar-refractivity contribution in [3.05, 3.63) is 39.0 Å². The number of aromatic nitrogens is 1. The average molecular weight is 510 g/mol. The predicted octanol–water partition coefficient (Wildman–Crippen LogP) is 4.89. The Morgan fingerprint density at radius 3 is 2.83 bits per heavy atom. The van der Waals surface area contributed by atoms with Crippen LogP contribution in [0.1, 0.15) is 23.0 Å². The number of halogens is 1. The number of nitrogens with zero attached hydrogens (tertiary/aromatic N) is 3. The van der Waals surface area contributed by atoms with Gasteiger partial charge in [0.2, 0.25) is 0 Å². The second kappa shape index (κ2) is 10.2. The molecule has 0 radical (unpaired) electrons. The summed E-state index contributed by atoms with van der Waals surface area (Å²) in [4.78, 5) is 23.0. The van der Waals surface area contributed by atoms with Crippen molar-refractivity contribution in [3.8, 4) is 5.75 Å². The van der Waals surface area contributed by atoms with Crippen LogP contribution in [0.3, 0.4) is 0 Å². The Hall–Kier alpha value is -1.52. The first-order valence-corrected chi connectivity index (χ1v) is 12.5. The van der Waals surface area contributed by atoms with Crippen LogP contribution in [-0.4, -0.2) is 61.8 Å². The lowest BCUT2D eigenvalue weighted by Crippen LogP contribution is -2.39. The summed E-state index contributed by atoms with van der Waals surface area (Å²) in [7, 11) is 0. The highest BCUT2D eigenvalue weighted by atomic mass is 79.9. The first kappa shape index (κ1) is 21.7. The van der Waals surface area contributed by atoms with Gasteiger partial charge in [-0.3, -0.25) is 14.6 Å². The van der Waals surface area contributed by atoms with Crippen LogP contribution < -0.4 is 9.64 Å². The fourth-order valence-corrected chi connectivity index (χ4v) is 5.74. The lowest BCUT2D eigenvalue weighted by atomic mass is 10.3. The van der Waals surface area contributed by atoms with Gasteiger partial charge in [-0.15, -0.1) is 11.3 Å². The van der Waals surface area contributed by atoms with Gasteiger partial charge in [0.05, 0.1) is 38.7 Å². The maximum Gasteiger partial charge on any atom is 0.270 e. The zero-order valence-electron chi connectivity index (χ0n) is 16.8. The number of rotatable bonds is 8. The van der Waals surface area contributed by atoms with Crippen LogP contribution in [0.2, 0.25) is 0 Å². The molecule has 1 aliphatic rings. The molecule has 0 atom stereocenters. The number of hydrogen-bond donors (Lipinski definition) is 0. The van der Waals surface area contributed by atoms with E-state index in [1.807, 2.05) is 42.2 Å². The lowest BCUT2D eigenvalue weighted by Gasteiger charge is -2.27. The Morgan fingerprint density at radius 1 is 1.27 bits per heavy atom. The van der Waals surface area contributed by atoms with E-state index in [1.165, 1.54) is 22.7 Å². The first-order chi connectivity index (χ1) is 14.6. The molecule has 1 saturated heterocycles. The SMILES string of the molecule is CCOc1ccc2nc(N(CCCN3CCOCC3)C(=O)c3ccc(Br)s3)sc2c1. The number of amides is 1. The van der Waals surface area contributed by atoms with Crippen LogP contribution in [-0.2, 0) is 4.74 Å². The third kappa shape index (κ3) is 5.20. The number of anilines is 1. The van der Waals surface area contributed by atoms with Crippen molar-refractivity contribution in [2.24, 2.45) is 0 Å². The van der Waals surface area contributed by atoms with Gasteiger partial charge in [0.25, 0.3) is 5.91 Å². The molecule has 0 spiro atoms. The molecule has 4 rings (SSSR count). The Morgan fingerprint density at radius 2 is 2.10 bits per heavy atom. The molecule has 1 fully saturated rings. The van der Waals surface area contributed by atoms with Gasteiger partial charge in [-0.1, -0.05) is 11.3 Å². The third-order valence-corrected chi connectivity index (χ3v) is 7.53. The van der Waals surface area contributed by atoms with Gasteiger partial charge in [0.15, 0.2) is 5.13 Å². The van der Waals surface area contributed by atoms with E-state index < -0.39 is 0 Å². The number of ether oxygens (including phenoxy) is 2. The summed E-state index contributed by atoms with van der Waals surface area (Å²) in [6, 6.07) is 9.66. The van der Waals surface area contributed by atoms with Gasteiger partial charge in [0, 0.05) is 26.2 Å². The van der Waals surface area contributed by atoms with E-state index in [1.54, 1.807) is 0 Å². The molecule has 0 saturated carbocycles. The molecule has 3 aromatic rings. The van der Waals surface area contributed by atoms with Crippen LogP contribution in [0, 0.1) is 0 Å². The molecule has 0 aliphatic carbocycles. The van der Waals surface area contributed by atoms with Crippen LogP contribution in [0.4, 0.5) is 5.13 Å². The lowest BCUT2D eigenvalue weighted by molar-refractivity contribution is 0.0376. The van der Waals surface area contributed by atoms with E-state index >= 15 is 0 Å². The number of fused-ring (bicyclic) bond motifs is 1. The number of benzene rings is 1. The number of carbonyl (C=O) groups is 1. The summed E-state index contributed by atoms with van der Waals surface area (Å²) < 4.78 is 13.0.